The maximum Gasteiger partial charge on any atom is 0.407 e. The molecule has 1 rings (SSSR count). The van der Waals surface area contributed by atoms with E-state index in [-0.39, 0.29) is 6.09 Å². The van der Waals surface area contributed by atoms with Gasteiger partial charge in [-0.2, -0.15) is 0 Å². The fraction of sp³-hybridized carbons (Fsp3) is 0.818. The van der Waals surface area contributed by atoms with Crippen molar-refractivity contribution in [2.24, 2.45) is 0 Å². The summed E-state index contributed by atoms with van der Waals surface area (Å²) in [5.74, 6) is 0.422. The predicted molar refractivity (Wildman–Crippen MR) is 126 cm³/mol. The van der Waals surface area contributed by atoms with Crippen molar-refractivity contribution in [3.8, 4) is 0 Å². The van der Waals surface area contributed by atoms with Crippen LogP contribution < -0.4 is 10.1 Å². The number of carbonyl (C=O) groups is 1. The standard InChI is InChI=1S/C22H41BN2O4S/c1-16(13-11-9-10-12-14-24-19(26)28-20(2,3)4)18-25-15-17(30-18)23-29-22(7,8)21(5,6)27/h15-16,23,27H,9-14H2,1-8H3,(H,24,26). The van der Waals surface area contributed by atoms with Gasteiger partial charge in [-0.1, -0.05) is 26.2 Å². The molecule has 0 bridgehead atoms. The van der Waals surface area contributed by atoms with Gasteiger partial charge in [-0.15, -0.1) is 11.3 Å². The smallest absolute Gasteiger partial charge is 0.407 e. The summed E-state index contributed by atoms with van der Waals surface area (Å²) in [7, 11) is 0.464. The van der Waals surface area contributed by atoms with Crippen molar-refractivity contribution in [2.75, 3.05) is 6.54 Å². The van der Waals surface area contributed by atoms with Crippen LogP contribution in [0.3, 0.4) is 0 Å². The van der Waals surface area contributed by atoms with Crippen molar-refractivity contribution in [1.29, 1.82) is 0 Å². The van der Waals surface area contributed by atoms with Crippen molar-refractivity contribution in [1.82, 2.24) is 10.3 Å². The number of nitrogens with one attached hydrogen (secondary N) is 1. The van der Waals surface area contributed by atoms with E-state index in [9.17, 15) is 9.90 Å². The Morgan fingerprint density at radius 1 is 1.17 bits per heavy atom. The Kier molecular flexibility index (Phi) is 10.3. The molecule has 1 heterocycles. The van der Waals surface area contributed by atoms with Crippen molar-refractivity contribution in [3.05, 3.63) is 11.2 Å². The number of hydrogen-bond donors (Lipinski definition) is 2. The molecule has 0 aliphatic carbocycles. The molecule has 0 saturated heterocycles. The summed E-state index contributed by atoms with van der Waals surface area (Å²) in [5, 5.41) is 14.1. The molecule has 1 aromatic heterocycles. The molecule has 0 fully saturated rings. The summed E-state index contributed by atoms with van der Waals surface area (Å²) in [6.07, 6.45) is 6.98. The fourth-order valence-corrected chi connectivity index (χ4v) is 3.52. The average Bonchev–Trinajstić information content (AvgIpc) is 3.05. The van der Waals surface area contributed by atoms with E-state index in [1.807, 2.05) is 40.8 Å². The lowest BCUT2D eigenvalue weighted by Gasteiger charge is -2.37. The van der Waals surface area contributed by atoms with Crippen LogP contribution >= 0.6 is 11.3 Å². The molecule has 8 heteroatoms. The number of rotatable bonds is 12. The van der Waals surface area contributed by atoms with Gasteiger partial charge in [0.25, 0.3) is 0 Å². The molecular formula is C22H41BN2O4S. The van der Waals surface area contributed by atoms with Gasteiger partial charge in [-0.05, 0) is 61.3 Å². The Bertz CT molecular complexity index is 650. The molecule has 0 aliphatic rings. The number of thiazole rings is 1. The number of aromatic nitrogens is 1. The summed E-state index contributed by atoms with van der Waals surface area (Å²) in [6, 6.07) is 0. The molecule has 1 amide bonds. The van der Waals surface area contributed by atoms with Gasteiger partial charge in [-0.25, -0.2) is 9.78 Å². The number of nitrogens with zero attached hydrogens (tertiary/aromatic N) is 1. The van der Waals surface area contributed by atoms with E-state index in [2.05, 4.69) is 17.2 Å². The summed E-state index contributed by atoms with van der Waals surface area (Å²) in [4.78, 5) is 16.2. The molecule has 2 N–H and O–H groups in total. The number of ether oxygens (including phenoxy) is 1. The third-order valence-corrected chi connectivity index (χ3v) is 6.48. The number of amides is 1. The van der Waals surface area contributed by atoms with E-state index in [0.29, 0.717) is 19.9 Å². The molecule has 0 spiro atoms. The van der Waals surface area contributed by atoms with Crippen LogP contribution in [0, 0.1) is 0 Å². The van der Waals surface area contributed by atoms with Crippen LogP contribution in [0.4, 0.5) is 4.79 Å². The molecule has 1 atom stereocenters. The summed E-state index contributed by atoms with van der Waals surface area (Å²) in [5.41, 5.74) is -1.98. The first-order chi connectivity index (χ1) is 13.7. The van der Waals surface area contributed by atoms with Gasteiger partial charge in [0, 0.05) is 23.4 Å². The van der Waals surface area contributed by atoms with Crippen LogP contribution in [-0.4, -0.2) is 47.0 Å². The maximum atomic E-state index is 11.6. The van der Waals surface area contributed by atoms with Gasteiger partial charge in [0.2, 0.25) is 0 Å². The van der Waals surface area contributed by atoms with Gasteiger partial charge in [0.1, 0.15) is 5.60 Å². The molecule has 0 aromatic carbocycles. The molecule has 1 aromatic rings. The van der Waals surface area contributed by atoms with Crippen molar-refractivity contribution in [2.45, 2.75) is 110 Å². The Balaban J connectivity index is 2.23. The normalized spacial score (nSPS) is 13.8. The van der Waals surface area contributed by atoms with E-state index in [4.69, 9.17) is 9.39 Å². The zero-order valence-electron chi connectivity index (χ0n) is 20.1. The number of carbonyl (C=O) groups excluding carboxylic acids is 1. The van der Waals surface area contributed by atoms with Crippen molar-refractivity contribution in [3.63, 3.8) is 0 Å². The molecule has 6 nitrogen and oxygen atoms in total. The van der Waals surface area contributed by atoms with Gasteiger partial charge in [0.15, 0.2) is 0 Å². The van der Waals surface area contributed by atoms with Gasteiger partial charge in [0.05, 0.1) is 16.2 Å². The van der Waals surface area contributed by atoms with E-state index in [1.165, 1.54) is 0 Å². The lowest BCUT2D eigenvalue weighted by Crippen LogP contribution is -2.49. The highest BCUT2D eigenvalue weighted by molar-refractivity contribution is 7.20. The van der Waals surface area contributed by atoms with E-state index in [0.717, 1.165) is 41.9 Å². The third-order valence-electron chi connectivity index (χ3n) is 5.27. The van der Waals surface area contributed by atoms with Gasteiger partial charge < -0.3 is 19.8 Å². The van der Waals surface area contributed by atoms with Crippen LogP contribution in [-0.2, 0) is 9.39 Å². The van der Waals surface area contributed by atoms with Crippen LogP contribution in [0.25, 0.3) is 0 Å². The first-order valence-electron chi connectivity index (χ1n) is 11.0. The average molecular weight is 440 g/mol. The molecule has 0 aliphatic heterocycles. The molecule has 1 unspecified atom stereocenters. The molecule has 0 saturated carbocycles. The summed E-state index contributed by atoms with van der Waals surface area (Å²) < 4.78 is 12.2. The van der Waals surface area contributed by atoms with E-state index < -0.39 is 16.8 Å². The quantitative estimate of drug-likeness (QED) is 0.375. The molecule has 30 heavy (non-hydrogen) atoms. The van der Waals surface area contributed by atoms with Crippen molar-refractivity contribution >= 4 is 29.7 Å². The monoisotopic (exact) mass is 440 g/mol. The lowest BCUT2D eigenvalue weighted by molar-refractivity contribution is -0.0892. The van der Waals surface area contributed by atoms with E-state index in [1.54, 1.807) is 25.2 Å². The zero-order chi connectivity index (χ0) is 23.0. The SMILES string of the molecule is CC(CCCCCCNC(=O)OC(C)(C)C)c1ncc(BOC(C)(C)C(C)(C)O)s1. The lowest BCUT2D eigenvalue weighted by atomic mass is 9.86. The van der Waals surface area contributed by atoms with Crippen LogP contribution in [0.1, 0.15) is 98.4 Å². The van der Waals surface area contributed by atoms with Crippen LogP contribution in [0.5, 0.6) is 0 Å². The maximum absolute atomic E-state index is 11.6. The number of aliphatic hydroxyl groups is 1. The highest BCUT2D eigenvalue weighted by Crippen LogP contribution is 2.26. The topological polar surface area (TPSA) is 80.7 Å². The highest BCUT2D eigenvalue weighted by atomic mass is 32.1. The number of alkyl carbamates (subject to hydrolysis) is 1. The van der Waals surface area contributed by atoms with Crippen LogP contribution in [0.15, 0.2) is 6.20 Å². The largest absolute Gasteiger partial charge is 0.444 e. The minimum atomic E-state index is -0.907. The molecule has 172 valence electrons. The third kappa shape index (κ3) is 10.3. The molecular weight excluding hydrogens is 399 g/mol. The number of unbranched alkanes of at least 4 members (excludes halogenated alkanes) is 3. The predicted octanol–water partition coefficient (Wildman–Crippen LogP) is 4.26. The Labute approximate surface area is 187 Å². The first-order valence-corrected chi connectivity index (χ1v) is 11.8. The van der Waals surface area contributed by atoms with Crippen LogP contribution in [0.2, 0.25) is 0 Å². The number of hydrogen-bond acceptors (Lipinski definition) is 6. The van der Waals surface area contributed by atoms with Gasteiger partial charge in [-0.3, -0.25) is 0 Å². The fourth-order valence-electron chi connectivity index (χ4n) is 2.60. The van der Waals surface area contributed by atoms with Crippen molar-refractivity contribution < 1.29 is 19.3 Å². The Morgan fingerprint density at radius 2 is 1.80 bits per heavy atom. The second-order valence-electron chi connectivity index (χ2n) is 10.1. The van der Waals surface area contributed by atoms with E-state index >= 15 is 0 Å². The van der Waals surface area contributed by atoms with Gasteiger partial charge >= 0.3 is 13.6 Å². The minimum absolute atomic E-state index is 0.342. The summed E-state index contributed by atoms with van der Waals surface area (Å²) >= 11 is 1.69. The Hall–Kier alpha value is -1.12. The zero-order valence-corrected chi connectivity index (χ0v) is 20.9. The second kappa shape index (κ2) is 11.5. The molecule has 0 radical (unpaired) electrons. The first kappa shape index (κ1) is 26.9. The minimum Gasteiger partial charge on any atom is -0.444 e. The summed E-state index contributed by atoms with van der Waals surface area (Å²) in [6.45, 7) is 15.8. The Morgan fingerprint density at radius 3 is 2.40 bits per heavy atom. The second-order valence-corrected chi connectivity index (χ2v) is 11.2. The highest BCUT2D eigenvalue weighted by Gasteiger charge is 2.35.